The lowest BCUT2D eigenvalue weighted by Crippen LogP contribution is -2.76. The molecule has 1 aromatic carbocycles. The predicted molar refractivity (Wildman–Crippen MR) is 87.3 cm³/mol. The average Bonchev–Trinajstić information content (AvgIpc) is 3.04. The fraction of sp³-hybridized carbons (Fsp3) is 0.400. The second-order valence-electron chi connectivity index (χ2n) is 6.22. The summed E-state index contributed by atoms with van der Waals surface area (Å²) in [6.45, 7) is 0.0749. The van der Waals surface area contributed by atoms with Crippen molar-refractivity contribution in [2.24, 2.45) is 21.5 Å². The Labute approximate surface area is 142 Å². The molecule has 10 nitrogen and oxygen atoms in total. The maximum absolute atomic E-state index is 12.3. The summed E-state index contributed by atoms with van der Waals surface area (Å²) in [5, 5.41) is 24.5. The number of aliphatic hydroxyl groups is 2. The van der Waals surface area contributed by atoms with E-state index in [0.717, 1.165) is 0 Å². The van der Waals surface area contributed by atoms with E-state index in [2.05, 4.69) is 15.3 Å². The highest BCUT2D eigenvalue weighted by Crippen LogP contribution is 2.43. The highest BCUT2D eigenvalue weighted by molar-refractivity contribution is 5.90. The summed E-state index contributed by atoms with van der Waals surface area (Å²) in [5.74, 6) is -3.01. The van der Waals surface area contributed by atoms with Crippen molar-refractivity contribution in [2.45, 2.75) is 23.6 Å². The minimum Gasteiger partial charge on any atom is -0.451 e. The number of ether oxygens (including phenoxy) is 1. The topological polar surface area (TPSA) is 159 Å². The lowest BCUT2D eigenvalue weighted by molar-refractivity contribution is -0.255. The maximum Gasteiger partial charge on any atom is 0.338 e. The Morgan fingerprint density at radius 3 is 2.76 bits per heavy atom. The molecule has 25 heavy (non-hydrogen) atoms. The molecule has 1 aromatic rings. The molecule has 1 spiro atoms. The number of nitrogens with zero attached hydrogens (tertiary/aromatic N) is 3. The summed E-state index contributed by atoms with van der Waals surface area (Å²) in [6, 6.07) is 7.62. The molecular formula is C15H18N6O4. The standard InChI is InChI=1S/C15H18N6O4/c16-12-19-9-6-18-13(17)21-7-10(15(23,24)14(9,21)20-12)25-11(22)8-4-2-1-3-5-8/h1-5,9-10,23-24H,6-7H2,(H2,17,18)(H3,16,19,20)/t9?,10-,14?/m0/s1. The summed E-state index contributed by atoms with van der Waals surface area (Å²) in [4.78, 5) is 22.1. The number of carbonyl (C=O) groups excluding carboxylic acids is 1. The highest BCUT2D eigenvalue weighted by Gasteiger charge is 2.72. The molecule has 0 amide bonds. The largest absolute Gasteiger partial charge is 0.451 e. The van der Waals surface area contributed by atoms with E-state index in [9.17, 15) is 15.0 Å². The Morgan fingerprint density at radius 1 is 1.32 bits per heavy atom. The third kappa shape index (κ3) is 2.01. The van der Waals surface area contributed by atoms with E-state index in [1.807, 2.05) is 0 Å². The van der Waals surface area contributed by atoms with Crippen molar-refractivity contribution < 1.29 is 19.7 Å². The van der Waals surface area contributed by atoms with E-state index in [1.54, 1.807) is 30.3 Å². The zero-order valence-corrected chi connectivity index (χ0v) is 13.2. The molecule has 0 aromatic heterocycles. The van der Waals surface area contributed by atoms with Crippen LogP contribution in [0.25, 0.3) is 0 Å². The van der Waals surface area contributed by atoms with Crippen LogP contribution in [0.15, 0.2) is 40.3 Å². The van der Waals surface area contributed by atoms with Gasteiger partial charge in [0.15, 0.2) is 23.7 Å². The van der Waals surface area contributed by atoms with E-state index in [1.165, 1.54) is 4.90 Å². The molecule has 1 fully saturated rings. The third-order valence-corrected chi connectivity index (χ3v) is 4.84. The number of benzene rings is 1. The SMILES string of the molecule is NC1=NC2CN=C(N)N3C[C@H](OC(=O)c4ccccc4)C(O)(O)C23N1. The molecule has 4 rings (SSSR count). The van der Waals surface area contributed by atoms with Crippen molar-refractivity contribution in [3.05, 3.63) is 35.9 Å². The van der Waals surface area contributed by atoms with Gasteiger partial charge in [0.25, 0.3) is 0 Å². The third-order valence-electron chi connectivity index (χ3n) is 4.84. The summed E-state index contributed by atoms with van der Waals surface area (Å²) in [6.07, 6.45) is -1.27. The van der Waals surface area contributed by atoms with Crippen molar-refractivity contribution in [3.8, 4) is 0 Å². The molecule has 10 heteroatoms. The maximum atomic E-state index is 12.3. The van der Waals surface area contributed by atoms with Gasteiger partial charge in [-0.25, -0.2) is 9.79 Å². The van der Waals surface area contributed by atoms with Gasteiger partial charge < -0.3 is 36.6 Å². The van der Waals surface area contributed by atoms with Gasteiger partial charge in [-0.1, -0.05) is 18.2 Å². The molecule has 3 atom stereocenters. The fourth-order valence-electron chi connectivity index (χ4n) is 3.64. The Morgan fingerprint density at radius 2 is 2.04 bits per heavy atom. The van der Waals surface area contributed by atoms with E-state index >= 15 is 0 Å². The van der Waals surface area contributed by atoms with Crippen LogP contribution in [-0.2, 0) is 4.74 Å². The minimum absolute atomic E-state index is 0.0439. The Bertz CT molecular complexity index is 779. The zero-order chi connectivity index (χ0) is 17.8. The normalized spacial score (nSPS) is 32.2. The molecule has 0 aliphatic carbocycles. The number of nitrogens with two attached hydrogens (primary N) is 2. The summed E-state index contributed by atoms with van der Waals surface area (Å²) < 4.78 is 5.37. The monoisotopic (exact) mass is 346 g/mol. The van der Waals surface area contributed by atoms with Crippen molar-refractivity contribution >= 4 is 17.9 Å². The van der Waals surface area contributed by atoms with Gasteiger partial charge in [0.1, 0.15) is 6.04 Å². The van der Waals surface area contributed by atoms with Gasteiger partial charge in [0, 0.05) is 0 Å². The molecule has 1 saturated heterocycles. The quantitative estimate of drug-likeness (QED) is 0.291. The average molecular weight is 346 g/mol. The van der Waals surface area contributed by atoms with Gasteiger partial charge in [0.2, 0.25) is 5.79 Å². The first kappa shape index (κ1) is 15.7. The van der Waals surface area contributed by atoms with Crippen LogP contribution in [0.1, 0.15) is 10.4 Å². The van der Waals surface area contributed by atoms with E-state index in [0.29, 0.717) is 5.56 Å². The number of rotatable bonds is 2. The molecule has 3 aliphatic rings. The van der Waals surface area contributed by atoms with E-state index in [4.69, 9.17) is 16.2 Å². The van der Waals surface area contributed by atoms with Crippen LogP contribution in [-0.4, -0.2) is 69.7 Å². The number of carbonyl (C=O) groups is 1. The van der Waals surface area contributed by atoms with Gasteiger partial charge in [-0.05, 0) is 12.1 Å². The van der Waals surface area contributed by atoms with Crippen LogP contribution >= 0.6 is 0 Å². The van der Waals surface area contributed by atoms with E-state index in [-0.39, 0.29) is 25.0 Å². The van der Waals surface area contributed by atoms with Crippen LogP contribution in [0.2, 0.25) is 0 Å². The van der Waals surface area contributed by atoms with Gasteiger partial charge in [-0.2, -0.15) is 0 Å². The summed E-state index contributed by atoms with van der Waals surface area (Å²) in [5.41, 5.74) is 10.4. The first-order valence-electron chi connectivity index (χ1n) is 7.76. The van der Waals surface area contributed by atoms with Gasteiger partial charge in [-0.15, -0.1) is 0 Å². The second kappa shape index (κ2) is 5.07. The molecule has 2 unspecified atom stereocenters. The van der Waals surface area contributed by atoms with Crippen molar-refractivity contribution in [2.75, 3.05) is 13.1 Å². The Balaban J connectivity index is 1.66. The number of aliphatic imine (C=N–C) groups is 2. The smallest absolute Gasteiger partial charge is 0.338 e. The molecule has 3 aliphatic heterocycles. The minimum atomic E-state index is -2.48. The van der Waals surface area contributed by atoms with Crippen molar-refractivity contribution in [3.63, 3.8) is 0 Å². The molecule has 0 bridgehead atoms. The van der Waals surface area contributed by atoms with Crippen molar-refractivity contribution in [1.29, 1.82) is 0 Å². The number of hydrogen-bond acceptors (Lipinski definition) is 10. The van der Waals surface area contributed by atoms with Gasteiger partial charge >= 0.3 is 5.97 Å². The van der Waals surface area contributed by atoms with Crippen LogP contribution < -0.4 is 16.8 Å². The molecule has 3 heterocycles. The van der Waals surface area contributed by atoms with Crippen molar-refractivity contribution in [1.82, 2.24) is 10.2 Å². The number of guanidine groups is 2. The summed E-state index contributed by atoms with van der Waals surface area (Å²) >= 11 is 0. The lowest BCUT2D eigenvalue weighted by atomic mass is 9.90. The van der Waals surface area contributed by atoms with Crippen LogP contribution in [0, 0.1) is 0 Å². The fourth-order valence-corrected chi connectivity index (χ4v) is 3.64. The molecule has 0 radical (unpaired) electrons. The van der Waals surface area contributed by atoms with Gasteiger partial charge in [-0.3, -0.25) is 4.99 Å². The number of nitrogens with one attached hydrogen (secondary N) is 1. The first-order valence-corrected chi connectivity index (χ1v) is 7.76. The van der Waals surface area contributed by atoms with Gasteiger partial charge in [0.05, 0.1) is 18.7 Å². The molecule has 0 saturated carbocycles. The Hall–Kier alpha value is -2.85. The van der Waals surface area contributed by atoms with E-state index < -0.39 is 29.6 Å². The predicted octanol–water partition coefficient (Wildman–Crippen LogP) is -2.48. The molecular weight excluding hydrogens is 328 g/mol. The van der Waals surface area contributed by atoms with Crippen LogP contribution in [0.4, 0.5) is 0 Å². The second-order valence-corrected chi connectivity index (χ2v) is 6.22. The van der Waals surface area contributed by atoms with Crippen LogP contribution in [0.3, 0.4) is 0 Å². The number of esters is 1. The first-order chi connectivity index (χ1) is 11.9. The summed E-state index contributed by atoms with van der Waals surface area (Å²) in [7, 11) is 0. The zero-order valence-electron chi connectivity index (χ0n) is 13.2. The highest BCUT2D eigenvalue weighted by atomic mass is 16.6. The molecule has 7 N–H and O–H groups in total. The lowest BCUT2D eigenvalue weighted by Gasteiger charge is -2.46. The molecule has 132 valence electrons. The van der Waals surface area contributed by atoms with Crippen LogP contribution in [0.5, 0.6) is 0 Å². The Kier molecular flexibility index (Phi) is 3.18. The number of hydrogen-bond donors (Lipinski definition) is 5.